The lowest BCUT2D eigenvalue weighted by Gasteiger charge is -2.06. The van der Waals surface area contributed by atoms with E-state index >= 15 is 0 Å². The van der Waals surface area contributed by atoms with Gasteiger partial charge in [-0.1, -0.05) is 12.1 Å². The number of hydrogen-bond acceptors (Lipinski definition) is 3. The van der Waals surface area contributed by atoms with Gasteiger partial charge in [-0.3, -0.25) is 13.9 Å². The highest BCUT2D eigenvalue weighted by molar-refractivity contribution is 5.79. The van der Waals surface area contributed by atoms with Crippen LogP contribution in [0.5, 0.6) is 0 Å². The minimum Gasteiger partial charge on any atom is -0.350 e. The molecule has 0 unspecified atom stereocenters. The molecule has 3 rings (SSSR count). The molecule has 0 spiro atoms. The average Bonchev–Trinajstić information content (AvgIpc) is 2.85. The maximum Gasteiger partial charge on any atom is 0.330 e. The summed E-state index contributed by atoms with van der Waals surface area (Å²) in [4.78, 5) is 28.8. The molecule has 7 heteroatoms. The van der Waals surface area contributed by atoms with Crippen LogP contribution in [0.4, 0.5) is 4.39 Å². The Labute approximate surface area is 137 Å². The van der Waals surface area contributed by atoms with Crippen molar-refractivity contribution in [3.8, 4) is 0 Å². The Bertz CT molecular complexity index is 945. The molecule has 0 saturated carbocycles. The van der Waals surface area contributed by atoms with Gasteiger partial charge in [-0.15, -0.1) is 0 Å². The van der Waals surface area contributed by atoms with E-state index in [-0.39, 0.29) is 30.5 Å². The molecular weight excluding hydrogens is 311 g/mol. The van der Waals surface area contributed by atoms with E-state index in [9.17, 15) is 14.0 Å². The van der Waals surface area contributed by atoms with Gasteiger partial charge < -0.3 is 5.32 Å². The Balaban J connectivity index is 1.78. The molecule has 3 aromatic rings. The van der Waals surface area contributed by atoms with Crippen LogP contribution in [0, 0.1) is 5.82 Å². The van der Waals surface area contributed by atoms with Crippen molar-refractivity contribution in [1.29, 1.82) is 0 Å². The number of amides is 1. The molecular formula is C17H17FN4O2. The first kappa shape index (κ1) is 15.9. The van der Waals surface area contributed by atoms with E-state index < -0.39 is 0 Å². The van der Waals surface area contributed by atoms with Gasteiger partial charge in [0.1, 0.15) is 12.4 Å². The second-order valence-electron chi connectivity index (χ2n) is 5.37. The fourth-order valence-electron chi connectivity index (χ4n) is 2.63. The first-order chi connectivity index (χ1) is 11.6. The van der Waals surface area contributed by atoms with E-state index in [1.807, 2.05) is 6.92 Å². The molecule has 1 N–H and O–H groups in total. The third-order valence-electron chi connectivity index (χ3n) is 3.77. The van der Waals surface area contributed by atoms with Crippen LogP contribution in [-0.2, 0) is 24.4 Å². The molecule has 124 valence electrons. The SMILES string of the molecule is CCn1c(=O)n(CC(=O)NCc2cccc(F)c2)c2cccnc21. The summed E-state index contributed by atoms with van der Waals surface area (Å²) in [5, 5.41) is 2.70. The molecule has 0 bridgehead atoms. The normalized spacial score (nSPS) is 10.9. The lowest BCUT2D eigenvalue weighted by Crippen LogP contribution is -2.32. The van der Waals surface area contributed by atoms with Crippen molar-refractivity contribution in [3.05, 3.63) is 64.5 Å². The number of fused-ring (bicyclic) bond motifs is 1. The van der Waals surface area contributed by atoms with Gasteiger partial charge in [-0.2, -0.15) is 0 Å². The molecule has 0 atom stereocenters. The summed E-state index contributed by atoms with van der Waals surface area (Å²) in [5.41, 5.74) is 1.56. The average molecular weight is 328 g/mol. The van der Waals surface area contributed by atoms with Crippen molar-refractivity contribution < 1.29 is 9.18 Å². The van der Waals surface area contributed by atoms with Crippen LogP contribution in [0.2, 0.25) is 0 Å². The third-order valence-corrected chi connectivity index (χ3v) is 3.77. The number of hydrogen-bond donors (Lipinski definition) is 1. The van der Waals surface area contributed by atoms with Gasteiger partial charge in [0.25, 0.3) is 0 Å². The number of aryl methyl sites for hydroxylation is 1. The van der Waals surface area contributed by atoms with Crippen molar-refractivity contribution in [2.24, 2.45) is 0 Å². The molecule has 0 fully saturated rings. The summed E-state index contributed by atoms with van der Waals surface area (Å²) in [7, 11) is 0. The number of imidazole rings is 1. The van der Waals surface area contributed by atoms with E-state index in [1.165, 1.54) is 21.3 Å². The first-order valence-electron chi connectivity index (χ1n) is 7.65. The Kier molecular flexibility index (Phi) is 4.41. The predicted molar refractivity (Wildman–Crippen MR) is 87.9 cm³/mol. The number of nitrogens with zero attached hydrogens (tertiary/aromatic N) is 3. The van der Waals surface area contributed by atoms with Crippen LogP contribution < -0.4 is 11.0 Å². The summed E-state index contributed by atoms with van der Waals surface area (Å²) in [6.45, 7) is 2.42. The Hall–Kier alpha value is -2.96. The number of benzene rings is 1. The summed E-state index contributed by atoms with van der Waals surface area (Å²) >= 11 is 0. The maximum atomic E-state index is 13.1. The molecule has 0 aliphatic carbocycles. The first-order valence-corrected chi connectivity index (χ1v) is 7.65. The summed E-state index contributed by atoms with van der Waals surface area (Å²) in [6, 6.07) is 9.50. The summed E-state index contributed by atoms with van der Waals surface area (Å²) < 4.78 is 16.1. The highest BCUT2D eigenvalue weighted by atomic mass is 19.1. The van der Waals surface area contributed by atoms with E-state index in [4.69, 9.17) is 0 Å². The van der Waals surface area contributed by atoms with Crippen molar-refractivity contribution in [2.75, 3.05) is 0 Å². The van der Waals surface area contributed by atoms with Crippen LogP contribution in [0.3, 0.4) is 0 Å². The van der Waals surface area contributed by atoms with Crippen LogP contribution in [0.15, 0.2) is 47.4 Å². The van der Waals surface area contributed by atoms with Gasteiger partial charge >= 0.3 is 5.69 Å². The Morgan fingerprint density at radius 1 is 1.25 bits per heavy atom. The van der Waals surface area contributed by atoms with Gasteiger partial charge in [0.15, 0.2) is 5.65 Å². The van der Waals surface area contributed by atoms with Crippen molar-refractivity contribution in [2.45, 2.75) is 26.6 Å². The number of carbonyl (C=O) groups is 1. The molecule has 0 aliphatic heterocycles. The van der Waals surface area contributed by atoms with E-state index in [1.54, 1.807) is 30.5 Å². The second-order valence-corrected chi connectivity index (χ2v) is 5.37. The summed E-state index contributed by atoms with van der Waals surface area (Å²) in [6.07, 6.45) is 1.61. The topological polar surface area (TPSA) is 68.9 Å². The van der Waals surface area contributed by atoms with Gasteiger partial charge in [0.2, 0.25) is 5.91 Å². The van der Waals surface area contributed by atoms with Crippen molar-refractivity contribution in [1.82, 2.24) is 19.4 Å². The minimum atomic E-state index is -0.352. The van der Waals surface area contributed by atoms with E-state index in [0.29, 0.717) is 23.3 Å². The number of rotatable bonds is 5. The van der Waals surface area contributed by atoms with Crippen LogP contribution >= 0.6 is 0 Å². The fraction of sp³-hybridized carbons (Fsp3) is 0.235. The monoisotopic (exact) mass is 328 g/mol. The Morgan fingerprint density at radius 2 is 2.08 bits per heavy atom. The maximum absolute atomic E-state index is 13.1. The highest BCUT2D eigenvalue weighted by Crippen LogP contribution is 2.09. The zero-order valence-electron chi connectivity index (χ0n) is 13.2. The van der Waals surface area contributed by atoms with Crippen LogP contribution in [-0.4, -0.2) is 20.0 Å². The molecule has 2 heterocycles. The van der Waals surface area contributed by atoms with Gasteiger partial charge in [-0.05, 0) is 36.8 Å². The molecule has 0 saturated heterocycles. The van der Waals surface area contributed by atoms with Gasteiger partial charge in [-0.25, -0.2) is 14.2 Å². The number of carbonyl (C=O) groups excluding carboxylic acids is 1. The molecule has 0 aliphatic rings. The lowest BCUT2D eigenvalue weighted by molar-refractivity contribution is -0.121. The molecule has 24 heavy (non-hydrogen) atoms. The van der Waals surface area contributed by atoms with Crippen LogP contribution in [0.25, 0.3) is 11.2 Å². The smallest absolute Gasteiger partial charge is 0.330 e. The van der Waals surface area contributed by atoms with E-state index in [2.05, 4.69) is 10.3 Å². The predicted octanol–water partition coefficient (Wildman–Crippen LogP) is 1.67. The van der Waals surface area contributed by atoms with Gasteiger partial charge in [0, 0.05) is 19.3 Å². The fourth-order valence-corrected chi connectivity index (χ4v) is 2.63. The molecule has 1 aromatic carbocycles. The molecule has 2 aromatic heterocycles. The van der Waals surface area contributed by atoms with E-state index in [0.717, 1.165) is 0 Å². The molecule has 1 amide bonds. The second kappa shape index (κ2) is 6.66. The lowest BCUT2D eigenvalue weighted by atomic mass is 10.2. The van der Waals surface area contributed by atoms with Crippen LogP contribution in [0.1, 0.15) is 12.5 Å². The highest BCUT2D eigenvalue weighted by Gasteiger charge is 2.15. The molecule has 6 nitrogen and oxygen atoms in total. The number of aromatic nitrogens is 3. The minimum absolute atomic E-state index is 0.108. The number of nitrogens with one attached hydrogen (secondary N) is 1. The standard InChI is InChI=1S/C17H17FN4O2/c1-2-21-16-14(7-4-8-19-16)22(17(21)24)11-15(23)20-10-12-5-3-6-13(18)9-12/h3-9H,2,10-11H2,1H3,(H,20,23). The quantitative estimate of drug-likeness (QED) is 0.775. The zero-order valence-corrected chi connectivity index (χ0v) is 13.2. The number of pyridine rings is 1. The summed E-state index contributed by atoms with van der Waals surface area (Å²) in [5.74, 6) is -0.671. The van der Waals surface area contributed by atoms with Gasteiger partial charge in [0.05, 0.1) is 5.52 Å². The van der Waals surface area contributed by atoms with Crippen molar-refractivity contribution >= 4 is 17.1 Å². The largest absolute Gasteiger partial charge is 0.350 e. The van der Waals surface area contributed by atoms with Crippen molar-refractivity contribution in [3.63, 3.8) is 0 Å². The Morgan fingerprint density at radius 3 is 2.83 bits per heavy atom. The third kappa shape index (κ3) is 3.05. The number of halogens is 1. The zero-order chi connectivity index (χ0) is 17.1. The molecule has 0 radical (unpaired) electrons.